The maximum atomic E-state index is 14.2. The number of amidine groups is 1. The Morgan fingerprint density at radius 2 is 1.70 bits per heavy atom. The number of sulfonamides is 1. The molecule has 1 N–H and O–H groups in total. The number of ether oxygens (including phenoxy) is 4. The van der Waals surface area contributed by atoms with E-state index in [-0.39, 0.29) is 23.7 Å². The molecule has 15 heteroatoms. The van der Waals surface area contributed by atoms with Crippen molar-refractivity contribution in [2.24, 2.45) is 9.98 Å². The van der Waals surface area contributed by atoms with Gasteiger partial charge in [0, 0.05) is 32.5 Å². The smallest absolute Gasteiger partial charge is 0.243 e. The molecule has 0 aliphatic carbocycles. The Labute approximate surface area is 257 Å². The molecule has 4 rings (SSSR count). The molecule has 1 aliphatic heterocycles. The molecule has 1 aromatic carbocycles. The quantitative estimate of drug-likeness (QED) is 0.221. The maximum absolute atomic E-state index is 14.2. The van der Waals surface area contributed by atoms with Crippen LogP contribution in [-0.4, -0.2) is 105 Å². The molecule has 44 heavy (non-hydrogen) atoms. The van der Waals surface area contributed by atoms with Gasteiger partial charge in [0.25, 0.3) is 0 Å². The maximum Gasteiger partial charge on any atom is 0.243 e. The van der Waals surface area contributed by atoms with E-state index in [2.05, 4.69) is 36.6 Å². The molecule has 3 heterocycles. The Morgan fingerprint density at radius 3 is 2.27 bits per heavy atom. The number of aromatic nitrogens is 4. The van der Waals surface area contributed by atoms with Crippen molar-refractivity contribution in [2.45, 2.75) is 38.2 Å². The first-order valence-electron chi connectivity index (χ1n) is 13.7. The molecule has 0 saturated carbocycles. The average molecular weight is 627 g/mol. The summed E-state index contributed by atoms with van der Waals surface area (Å²) < 4.78 is 54.5. The zero-order valence-electron chi connectivity index (χ0n) is 25.9. The molecule has 14 nitrogen and oxygen atoms in total. The minimum atomic E-state index is -4.17. The molecular weight excluding hydrogens is 588 g/mol. The van der Waals surface area contributed by atoms with Gasteiger partial charge in [-0.1, -0.05) is 17.7 Å². The van der Waals surface area contributed by atoms with Crippen molar-refractivity contribution in [3.8, 4) is 34.6 Å². The van der Waals surface area contributed by atoms with E-state index in [4.69, 9.17) is 18.9 Å². The van der Waals surface area contributed by atoms with Crippen LogP contribution in [0.3, 0.4) is 0 Å². The summed E-state index contributed by atoms with van der Waals surface area (Å²) in [6.07, 6.45) is 1.60. The minimum absolute atomic E-state index is 0.0334. The van der Waals surface area contributed by atoms with Crippen LogP contribution in [0.25, 0.3) is 17.2 Å². The van der Waals surface area contributed by atoms with Crippen molar-refractivity contribution in [1.82, 2.24) is 24.6 Å². The van der Waals surface area contributed by atoms with E-state index in [0.29, 0.717) is 41.8 Å². The van der Waals surface area contributed by atoms with Crippen molar-refractivity contribution in [2.75, 3.05) is 46.3 Å². The van der Waals surface area contributed by atoms with Crippen molar-refractivity contribution in [1.29, 1.82) is 0 Å². The number of hydrogen-bond acceptors (Lipinski definition) is 11. The van der Waals surface area contributed by atoms with Gasteiger partial charge in [0.1, 0.15) is 34.0 Å². The number of anilines is 1. The molecule has 0 amide bonds. The molecule has 3 aromatic rings. The summed E-state index contributed by atoms with van der Waals surface area (Å²) in [4.78, 5) is 15.0. The van der Waals surface area contributed by atoms with Gasteiger partial charge in [-0.3, -0.25) is 14.2 Å². The largest absolute Gasteiger partial charge is 0.494 e. The molecule has 0 bridgehead atoms. The van der Waals surface area contributed by atoms with Crippen LogP contribution in [0.2, 0.25) is 0 Å². The van der Waals surface area contributed by atoms with Crippen LogP contribution in [0.4, 0.5) is 5.95 Å². The number of benzene rings is 1. The highest BCUT2D eigenvalue weighted by Gasteiger charge is 2.43. The van der Waals surface area contributed by atoms with Crippen LogP contribution in [0, 0.1) is 0 Å². The third-order valence-corrected chi connectivity index (χ3v) is 8.81. The molecule has 2 aromatic heterocycles. The van der Waals surface area contributed by atoms with Gasteiger partial charge in [-0.05, 0) is 45.7 Å². The van der Waals surface area contributed by atoms with E-state index in [1.807, 2.05) is 18.7 Å². The number of likely N-dealkylation sites (tertiary alicyclic amines) is 1. The van der Waals surface area contributed by atoms with E-state index in [0.717, 1.165) is 5.57 Å². The third kappa shape index (κ3) is 6.74. The molecule has 0 radical (unpaired) electrons. The molecule has 0 unspecified atom stereocenters. The molecule has 236 valence electrons. The lowest BCUT2D eigenvalue weighted by Gasteiger charge is -2.44. The SMILES string of the molecule is C=NC(=NC=C(C)C)[C@H]([C@H](C)S(=O)(=O)Nc1nnc(-c2cccc(OC)n2)n1-c1c(OC)cccc1OC)N1CC(OC)C1. The second-order valence-corrected chi connectivity index (χ2v) is 12.3. The number of rotatable bonds is 13. The Kier molecular flexibility index (Phi) is 10.3. The zero-order chi connectivity index (χ0) is 32.0. The van der Waals surface area contributed by atoms with Crippen LogP contribution in [-0.2, 0) is 14.8 Å². The Hall–Kier alpha value is -4.34. The van der Waals surface area contributed by atoms with Crippen LogP contribution in [0.5, 0.6) is 17.4 Å². The lowest BCUT2D eigenvalue weighted by Crippen LogP contribution is -2.62. The number of aliphatic imine (C=N–C) groups is 2. The first-order chi connectivity index (χ1) is 21.1. The van der Waals surface area contributed by atoms with Gasteiger partial charge in [0.05, 0.1) is 33.5 Å². The number of allylic oxidation sites excluding steroid dienone is 1. The van der Waals surface area contributed by atoms with Crippen LogP contribution in [0.1, 0.15) is 20.8 Å². The van der Waals surface area contributed by atoms with E-state index in [1.54, 1.807) is 56.6 Å². The molecule has 2 atom stereocenters. The Balaban J connectivity index is 1.85. The Bertz CT molecular complexity index is 1620. The van der Waals surface area contributed by atoms with Gasteiger partial charge in [0.15, 0.2) is 5.82 Å². The number of hydrogen-bond donors (Lipinski definition) is 1. The summed E-state index contributed by atoms with van der Waals surface area (Å²) in [7, 11) is 1.94. The van der Waals surface area contributed by atoms with Gasteiger partial charge >= 0.3 is 0 Å². The second-order valence-electron chi connectivity index (χ2n) is 10.2. The molecule has 1 aliphatic rings. The minimum Gasteiger partial charge on any atom is -0.494 e. The van der Waals surface area contributed by atoms with Crippen LogP contribution >= 0.6 is 0 Å². The van der Waals surface area contributed by atoms with Crippen LogP contribution in [0.15, 0.2) is 58.2 Å². The summed E-state index contributed by atoms with van der Waals surface area (Å²) in [5.41, 5.74) is 1.67. The number of methoxy groups -OCH3 is 4. The fourth-order valence-corrected chi connectivity index (χ4v) is 5.95. The fraction of sp³-hybridized carbons (Fsp3) is 0.414. The van der Waals surface area contributed by atoms with Crippen molar-refractivity contribution < 1.29 is 27.4 Å². The van der Waals surface area contributed by atoms with Crippen molar-refractivity contribution in [3.63, 3.8) is 0 Å². The number of para-hydroxylation sites is 1. The second kappa shape index (κ2) is 14.0. The highest BCUT2D eigenvalue weighted by molar-refractivity contribution is 7.93. The normalized spacial score (nSPS) is 15.6. The van der Waals surface area contributed by atoms with Crippen molar-refractivity contribution in [3.05, 3.63) is 48.2 Å². The zero-order valence-corrected chi connectivity index (χ0v) is 26.7. The Morgan fingerprint density at radius 1 is 1.05 bits per heavy atom. The molecule has 1 fully saturated rings. The van der Waals surface area contributed by atoms with Crippen molar-refractivity contribution >= 4 is 28.5 Å². The monoisotopic (exact) mass is 626 g/mol. The highest BCUT2D eigenvalue weighted by Crippen LogP contribution is 2.38. The summed E-state index contributed by atoms with van der Waals surface area (Å²) in [6.45, 7) is 10.1. The molecule has 1 saturated heterocycles. The van der Waals surface area contributed by atoms with Crippen LogP contribution < -0.4 is 18.9 Å². The molecular formula is C29H38N8O6S. The standard InChI is InChI=1S/C29H38N8O6S/c1-18(2)15-31-27(30-4)25(36-16-20(17-36)40-5)19(3)44(38,39)35-29-34-33-28(21-11-9-14-24(32-21)43-8)37(29)26-22(41-6)12-10-13-23(26)42-7/h9-15,19-20,25H,4,16-17H2,1-3,5-8H3,(H,34,35)/t19-,25-/m0/s1. The van der Waals surface area contributed by atoms with E-state index < -0.39 is 21.3 Å². The van der Waals surface area contributed by atoms with Gasteiger partial charge in [-0.15, -0.1) is 10.2 Å². The van der Waals surface area contributed by atoms with E-state index in [1.165, 1.54) is 25.9 Å². The molecule has 0 spiro atoms. The third-order valence-electron chi connectivity index (χ3n) is 7.10. The van der Waals surface area contributed by atoms with Gasteiger partial charge in [-0.2, -0.15) is 0 Å². The van der Waals surface area contributed by atoms with Gasteiger partial charge in [-0.25, -0.2) is 23.4 Å². The topological polar surface area (TPSA) is 155 Å². The number of nitrogens with one attached hydrogen (secondary N) is 1. The number of pyridine rings is 1. The summed E-state index contributed by atoms with van der Waals surface area (Å²) in [6, 6.07) is 9.59. The summed E-state index contributed by atoms with van der Waals surface area (Å²) in [5, 5.41) is 7.53. The predicted octanol–water partition coefficient (Wildman–Crippen LogP) is 3.21. The first-order valence-corrected chi connectivity index (χ1v) is 15.3. The highest BCUT2D eigenvalue weighted by atomic mass is 32.2. The summed E-state index contributed by atoms with van der Waals surface area (Å²) >= 11 is 0. The fourth-order valence-electron chi connectivity index (χ4n) is 4.74. The van der Waals surface area contributed by atoms with E-state index >= 15 is 0 Å². The van der Waals surface area contributed by atoms with Gasteiger partial charge in [0.2, 0.25) is 21.9 Å². The summed E-state index contributed by atoms with van der Waals surface area (Å²) in [5.74, 6) is 1.50. The van der Waals surface area contributed by atoms with Gasteiger partial charge < -0.3 is 18.9 Å². The lowest BCUT2D eigenvalue weighted by atomic mass is 10.0. The lowest BCUT2D eigenvalue weighted by molar-refractivity contribution is -0.0385. The predicted molar refractivity (Wildman–Crippen MR) is 169 cm³/mol. The van der Waals surface area contributed by atoms with E-state index in [9.17, 15) is 8.42 Å². The average Bonchev–Trinajstić information content (AvgIpc) is 3.40. The first kappa shape index (κ1) is 32.6. The number of nitrogens with zero attached hydrogens (tertiary/aromatic N) is 7.